The predicted molar refractivity (Wildman–Crippen MR) is 76.4 cm³/mol. The Kier molecular flexibility index (Phi) is 4.42. The van der Waals surface area contributed by atoms with E-state index < -0.39 is 11.7 Å². The fourth-order valence-electron chi connectivity index (χ4n) is 1.53. The minimum absolute atomic E-state index is 0.255. The van der Waals surface area contributed by atoms with E-state index in [-0.39, 0.29) is 12.4 Å². The van der Waals surface area contributed by atoms with Crippen LogP contribution in [0.1, 0.15) is 0 Å². The van der Waals surface area contributed by atoms with E-state index in [9.17, 15) is 9.18 Å². The largest absolute Gasteiger partial charge is 0.484 e. The van der Waals surface area contributed by atoms with Gasteiger partial charge in [0.2, 0.25) is 0 Å². The summed E-state index contributed by atoms with van der Waals surface area (Å²) in [6.45, 7) is -0.255. The summed E-state index contributed by atoms with van der Waals surface area (Å²) in [7, 11) is 0. The summed E-state index contributed by atoms with van der Waals surface area (Å²) in [5.74, 6) is -0.565. The minimum atomic E-state index is -0.429. The Balaban J connectivity index is 1.94. The maximum Gasteiger partial charge on any atom is 0.262 e. The van der Waals surface area contributed by atoms with Crippen molar-refractivity contribution in [3.63, 3.8) is 0 Å². The van der Waals surface area contributed by atoms with E-state index in [1.165, 1.54) is 24.3 Å². The summed E-state index contributed by atoms with van der Waals surface area (Å²) in [5.41, 5.74) is 6.51. The van der Waals surface area contributed by atoms with E-state index in [1.807, 2.05) is 0 Å². The molecule has 0 aromatic heterocycles. The van der Waals surface area contributed by atoms with Gasteiger partial charge >= 0.3 is 0 Å². The van der Waals surface area contributed by atoms with E-state index in [0.29, 0.717) is 16.4 Å². The van der Waals surface area contributed by atoms with Gasteiger partial charge in [-0.3, -0.25) is 4.79 Å². The fourth-order valence-corrected chi connectivity index (χ4v) is 1.70. The Labute approximate surface area is 120 Å². The first-order chi connectivity index (χ1) is 9.54. The number of benzene rings is 2. The molecule has 0 radical (unpaired) electrons. The number of hydrogen-bond donors (Lipinski definition) is 2. The van der Waals surface area contributed by atoms with E-state index >= 15 is 0 Å². The van der Waals surface area contributed by atoms with Gasteiger partial charge < -0.3 is 15.8 Å². The van der Waals surface area contributed by atoms with Crippen LogP contribution in [0.5, 0.6) is 5.75 Å². The molecule has 20 heavy (non-hydrogen) atoms. The smallest absolute Gasteiger partial charge is 0.262 e. The predicted octanol–water partition coefficient (Wildman–Crippen LogP) is 3.08. The van der Waals surface area contributed by atoms with Crippen molar-refractivity contribution in [1.29, 1.82) is 0 Å². The molecular weight excluding hydrogens is 283 g/mol. The molecule has 0 fully saturated rings. The molecule has 0 saturated heterocycles. The number of nitrogens with one attached hydrogen (secondary N) is 1. The second kappa shape index (κ2) is 6.25. The Hall–Kier alpha value is -2.27. The number of rotatable bonds is 4. The van der Waals surface area contributed by atoms with Gasteiger partial charge in [-0.1, -0.05) is 17.7 Å². The monoisotopic (exact) mass is 294 g/mol. The number of amides is 1. The molecule has 104 valence electrons. The molecule has 0 saturated carbocycles. The third-order valence-corrected chi connectivity index (χ3v) is 2.69. The Bertz CT molecular complexity index is 634. The van der Waals surface area contributed by atoms with Crippen molar-refractivity contribution in [1.82, 2.24) is 0 Å². The number of nitrogens with two attached hydrogens (primary N) is 1. The van der Waals surface area contributed by atoms with Gasteiger partial charge in [0, 0.05) is 11.1 Å². The summed E-state index contributed by atoms with van der Waals surface area (Å²) >= 11 is 5.81. The minimum Gasteiger partial charge on any atom is -0.484 e. The molecule has 6 heteroatoms. The lowest BCUT2D eigenvalue weighted by atomic mass is 10.2. The average molecular weight is 295 g/mol. The Morgan fingerprint density at radius 3 is 2.85 bits per heavy atom. The van der Waals surface area contributed by atoms with Crippen molar-refractivity contribution in [2.24, 2.45) is 0 Å². The lowest BCUT2D eigenvalue weighted by molar-refractivity contribution is -0.118. The second-order valence-corrected chi connectivity index (χ2v) is 4.46. The van der Waals surface area contributed by atoms with Crippen molar-refractivity contribution in [2.45, 2.75) is 0 Å². The molecule has 0 spiro atoms. The number of carbonyl (C=O) groups is 1. The number of nitrogen functional groups attached to an aromatic ring is 1. The van der Waals surface area contributed by atoms with Gasteiger partial charge in [-0.15, -0.1) is 0 Å². The SMILES string of the molecule is Nc1ccc(Cl)cc1NC(=O)COc1cccc(F)c1. The van der Waals surface area contributed by atoms with Gasteiger partial charge in [0.15, 0.2) is 6.61 Å². The first-order valence-corrected chi connectivity index (χ1v) is 6.15. The summed E-state index contributed by atoms with van der Waals surface area (Å²) in [6, 6.07) is 10.3. The van der Waals surface area contributed by atoms with E-state index in [0.717, 1.165) is 0 Å². The lowest BCUT2D eigenvalue weighted by Gasteiger charge is -2.09. The first kappa shape index (κ1) is 14.1. The van der Waals surface area contributed by atoms with Crippen LogP contribution < -0.4 is 15.8 Å². The topological polar surface area (TPSA) is 64.3 Å². The van der Waals surface area contributed by atoms with Crippen LogP contribution in [0.15, 0.2) is 42.5 Å². The molecule has 0 heterocycles. The van der Waals surface area contributed by atoms with Gasteiger partial charge in [0.05, 0.1) is 11.4 Å². The molecule has 1 amide bonds. The number of halogens is 2. The number of anilines is 2. The second-order valence-electron chi connectivity index (χ2n) is 4.03. The van der Waals surface area contributed by atoms with Crippen LogP contribution in [0.2, 0.25) is 5.02 Å². The van der Waals surface area contributed by atoms with Gasteiger partial charge in [0.25, 0.3) is 5.91 Å². The van der Waals surface area contributed by atoms with Crippen LogP contribution in [0.3, 0.4) is 0 Å². The third-order valence-electron chi connectivity index (χ3n) is 2.46. The third kappa shape index (κ3) is 3.86. The number of ether oxygens (including phenoxy) is 1. The van der Waals surface area contributed by atoms with Crippen molar-refractivity contribution >= 4 is 28.9 Å². The molecule has 0 bridgehead atoms. The lowest BCUT2D eigenvalue weighted by Crippen LogP contribution is -2.20. The van der Waals surface area contributed by atoms with Crippen molar-refractivity contribution in [3.05, 3.63) is 53.3 Å². The highest BCUT2D eigenvalue weighted by Crippen LogP contribution is 2.22. The molecule has 4 nitrogen and oxygen atoms in total. The summed E-state index contributed by atoms with van der Waals surface area (Å²) in [5, 5.41) is 3.03. The summed E-state index contributed by atoms with van der Waals surface area (Å²) in [6.07, 6.45) is 0. The average Bonchev–Trinajstić information content (AvgIpc) is 2.41. The van der Waals surface area contributed by atoms with E-state index in [1.54, 1.807) is 18.2 Å². The molecule has 0 aliphatic carbocycles. The van der Waals surface area contributed by atoms with Gasteiger partial charge in [0.1, 0.15) is 11.6 Å². The van der Waals surface area contributed by atoms with E-state index in [2.05, 4.69) is 5.32 Å². The van der Waals surface area contributed by atoms with Gasteiger partial charge in [-0.2, -0.15) is 0 Å². The number of hydrogen-bond acceptors (Lipinski definition) is 3. The van der Waals surface area contributed by atoms with Crippen LogP contribution in [-0.2, 0) is 4.79 Å². The Morgan fingerprint density at radius 2 is 2.10 bits per heavy atom. The maximum atomic E-state index is 12.9. The van der Waals surface area contributed by atoms with Crippen molar-refractivity contribution in [2.75, 3.05) is 17.7 Å². The summed E-state index contributed by atoms with van der Waals surface area (Å²) in [4.78, 5) is 11.7. The molecule has 0 aliphatic heterocycles. The summed E-state index contributed by atoms with van der Waals surface area (Å²) < 4.78 is 18.1. The number of carbonyl (C=O) groups excluding carboxylic acids is 1. The molecule has 0 aliphatic rings. The van der Waals surface area contributed by atoms with Gasteiger partial charge in [-0.05, 0) is 30.3 Å². The quantitative estimate of drug-likeness (QED) is 0.852. The first-order valence-electron chi connectivity index (χ1n) is 5.78. The molecular formula is C14H12ClFN2O2. The molecule has 0 atom stereocenters. The highest BCUT2D eigenvalue weighted by molar-refractivity contribution is 6.31. The van der Waals surface area contributed by atoms with Crippen LogP contribution >= 0.6 is 11.6 Å². The van der Waals surface area contributed by atoms with Gasteiger partial charge in [-0.25, -0.2) is 4.39 Å². The van der Waals surface area contributed by atoms with Crippen LogP contribution in [0, 0.1) is 5.82 Å². The van der Waals surface area contributed by atoms with Crippen molar-refractivity contribution in [3.8, 4) is 5.75 Å². The normalized spacial score (nSPS) is 10.1. The Morgan fingerprint density at radius 1 is 1.30 bits per heavy atom. The zero-order valence-electron chi connectivity index (χ0n) is 10.4. The van der Waals surface area contributed by atoms with E-state index in [4.69, 9.17) is 22.1 Å². The molecule has 3 N–H and O–H groups in total. The molecule has 0 unspecified atom stereocenters. The van der Waals surface area contributed by atoms with Crippen LogP contribution in [0.4, 0.5) is 15.8 Å². The van der Waals surface area contributed by atoms with Crippen molar-refractivity contribution < 1.29 is 13.9 Å². The fraction of sp³-hybridized carbons (Fsp3) is 0.0714. The molecule has 2 aromatic carbocycles. The highest BCUT2D eigenvalue weighted by Gasteiger charge is 2.07. The highest BCUT2D eigenvalue weighted by atomic mass is 35.5. The van der Waals surface area contributed by atoms with Crippen LogP contribution in [0.25, 0.3) is 0 Å². The maximum absolute atomic E-state index is 12.9. The zero-order chi connectivity index (χ0) is 14.5. The zero-order valence-corrected chi connectivity index (χ0v) is 11.2. The molecule has 2 aromatic rings. The molecule has 2 rings (SSSR count). The standard InChI is InChI=1S/C14H12ClFN2O2/c15-9-4-5-12(17)13(6-9)18-14(19)8-20-11-3-1-2-10(16)7-11/h1-7H,8,17H2,(H,18,19). The van der Waals surface area contributed by atoms with Crippen LogP contribution in [-0.4, -0.2) is 12.5 Å².